The summed E-state index contributed by atoms with van der Waals surface area (Å²) in [5, 5.41) is 3.06. The van der Waals surface area contributed by atoms with Crippen molar-refractivity contribution in [2.45, 2.75) is 70.0 Å². The van der Waals surface area contributed by atoms with E-state index in [1.54, 1.807) is 30.3 Å². The fraction of sp³-hybridized carbons (Fsp3) is 0.297. The van der Waals surface area contributed by atoms with Crippen molar-refractivity contribution in [1.82, 2.24) is 10.2 Å². The number of benzene rings is 4. The number of amides is 2. The molecule has 7 nitrogen and oxygen atoms in total. The van der Waals surface area contributed by atoms with E-state index in [0.29, 0.717) is 5.69 Å². The number of hydrogen-bond acceptors (Lipinski definition) is 4. The average Bonchev–Trinajstić information content (AvgIpc) is 3.06. The first kappa shape index (κ1) is 33.5. The van der Waals surface area contributed by atoms with E-state index in [1.807, 2.05) is 86.6 Å². The molecule has 0 aliphatic carbocycles. The van der Waals surface area contributed by atoms with Crippen molar-refractivity contribution in [2.75, 3.05) is 10.8 Å². The molecule has 0 aromatic heterocycles. The van der Waals surface area contributed by atoms with Crippen LogP contribution in [0.5, 0.6) is 0 Å². The largest absolute Gasteiger partial charge is 0.352 e. The Morgan fingerprint density at radius 1 is 0.733 bits per heavy atom. The Kier molecular flexibility index (Phi) is 11.5. The molecule has 0 bridgehead atoms. The van der Waals surface area contributed by atoms with Gasteiger partial charge in [-0.2, -0.15) is 0 Å². The van der Waals surface area contributed by atoms with Crippen LogP contribution in [0.2, 0.25) is 0 Å². The van der Waals surface area contributed by atoms with Crippen molar-refractivity contribution in [3.8, 4) is 0 Å². The van der Waals surface area contributed by atoms with E-state index in [9.17, 15) is 18.0 Å². The molecule has 0 radical (unpaired) electrons. The number of anilines is 1. The minimum atomic E-state index is -4.13. The Morgan fingerprint density at radius 3 is 1.80 bits per heavy atom. The van der Waals surface area contributed by atoms with E-state index in [0.717, 1.165) is 27.4 Å². The highest BCUT2D eigenvalue weighted by atomic mass is 32.2. The maximum Gasteiger partial charge on any atom is 0.264 e. The molecule has 4 rings (SSSR count). The number of rotatable bonds is 14. The molecule has 4 aromatic rings. The number of nitrogens with zero attached hydrogens (tertiary/aromatic N) is 2. The Hall–Kier alpha value is -4.43. The van der Waals surface area contributed by atoms with Gasteiger partial charge in [0.1, 0.15) is 12.6 Å². The SMILES string of the molecule is CC[C@H](C)NC(=O)[C@H](Cc1ccccc1)N(Cc1ccccc1)C(=O)CN(c1ccc(C(C)C)cc1)S(=O)(=O)c1ccccc1. The first-order valence-electron chi connectivity index (χ1n) is 15.5. The molecule has 1 N–H and O–H groups in total. The minimum absolute atomic E-state index is 0.0793. The number of hydrogen-bond donors (Lipinski definition) is 1. The van der Waals surface area contributed by atoms with Gasteiger partial charge >= 0.3 is 0 Å². The summed E-state index contributed by atoms with van der Waals surface area (Å²) in [5.74, 6) is -0.508. The van der Waals surface area contributed by atoms with Gasteiger partial charge in [0, 0.05) is 19.0 Å². The first-order valence-corrected chi connectivity index (χ1v) is 16.9. The van der Waals surface area contributed by atoms with Gasteiger partial charge in [0.15, 0.2) is 0 Å². The van der Waals surface area contributed by atoms with Crippen molar-refractivity contribution in [1.29, 1.82) is 0 Å². The summed E-state index contributed by atoms with van der Waals surface area (Å²) in [6.45, 7) is 7.70. The fourth-order valence-electron chi connectivity index (χ4n) is 5.05. The Morgan fingerprint density at radius 2 is 1.27 bits per heavy atom. The molecule has 0 saturated heterocycles. The van der Waals surface area contributed by atoms with Gasteiger partial charge in [0.2, 0.25) is 11.8 Å². The van der Waals surface area contributed by atoms with Crippen molar-refractivity contribution in [3.05, 3.63) is 132 Å². The lowest BCUT2D eigenvalue weighted by Gasteiger charge is -2.34. The Bertz CT molecular complexity index is 1630. The summed E-state index contributed by atoms with van der Waals surface area (Å²) in [5.41, 5.74) is 3.15. The van der Waals surface area contributed by atoms with E-state index in [-0.39, 0.29) is 35.7 Å². The standard InChI is InChI=1S/C37H43N3O4S/c1-5-29(4)38-37(42)35(25-30-15-9-6-10-16-30)39(26-31-17-11-7-12-18-31)36(41)27-40(33-23-21-32(22-24-33)28(2)3)45(43,44)34-19-13-8-14-20-34/h6-24,28-29,35H,5,25-27H2,1-4H3,(H,38,42)/t29-,35-/m0/s1. The monoisotopic (exact) mass is 625 g/mol. The van der Waals surface area contributed by atoms with Crippen LogP contribution in [-0.2, 0) is 32.6 Å². The molecule has 4 aromatic carbocycles. The Balaban J connectivity index is 1.79. The van der Waals surface area contributed by atoms with Gasteiger partial charge in [-0.1, -0.05) is 112 Å². The van der Waals surface area contributed by atoms with Gasteiger partial charge < -0.3 is 10.2 Å². The molecule has 0 heterocycles. The van der Waals surface area contributed by atoms with E-state index in [2.05, 4.69) is 19.2 Å². The molecule has 0 saturated carbocycles. The third-order valence-electron chi connectivity index (χ3n) is 7.93. The molecule has 8 heteroatoms. The van der Waals surface area contributed by atoms with Crippen LogP contribution >= 0.6 is 0 Å². The van der Waals surface area contributed by atoms with Gasteiger partial charge in [-0.15, -0.1) is 0 Å². The summed E-state index contributed by atoms with van der Waals surface area (Å²) in [6, 6.07) is 33.4. The molecule has 0 fully saturated rings. The molecule has 236 valence electrons. The highest BCUT2D eigenvalue weighted by Crippen LogP contribution is 2.27. The third-order valence-corrected chi connectivity index (χ3v) is 9.71. The lowest BCUT2D eigenvalue weighted by Crippen LogP contribution is -2.54. The molecule has 0 aliphatic heterocycles. The topological polar surface area (TPSA) is 86.8 Å². The lowest BCUT2D eigenvalue weighted by atomic mass is 10.0. The molecular weight excluding hydrogens is 582 g/mol. The van der Waals surface area contributed by atoms with E-state index >= 15 is 0 Å². The summed E-state index contributed by atoms with van der Waals surface area (Å²) >= 11 is 0. The van der Waals surface area contributed by atoms with Crippen LogP contribution < -0.4 is 9.62 Å². The maximum atomic E-state index is 14.5. The predicted octanol–water partition coefficient (Wildman–Crippen LogP) is 6.56. The highest BCUT2D eigenvalue weighted by Gasteiger charge is 2.35. The van der Waals surface area contributed by atoms with Crippen molar-refractivity contribution in [2.24, 2.45) is 0 Å². The number of nitrogens with one attached hydrogen (secondary N) is 1. The summed E-state index contributed by atoms with van der Waals surface area (Å²) in [7, 11) is -4.13. The van der Waals surface area contributed by atoms with Gasteiger partial charge in [-0.05, 0) is 60.2 Å². The molecule has 2 amide bonds. The average molecular weight is 626 g/mol. The molecule has 0 spiro atoms. The molecule has 2 atom stereocenters. The van der Waals surface area contributed by atoms with E-state index < -0.39 is 28.5 Å². The van der Waals surface area contributed by atoms with E-state index in [4.69, 9.17) is 0 Å². The van der Waals surface area contributed by atoms with Crippen LogP contribution in [0.1, 0.15) is 56.7 Å². The van der Waals surface area contributed by atoms with Gasteiger partial charge in [0.05, 0.1) is 10.6 Å². The normalized spacial score (nSPS) is 12.7. The summed E-state index contributed by atoms with van der Waals surface area (Å²) < 4.78 is 29.4. The smallest absolute Gasteiger partial charge is 0.264 e. The van der Waals surface area contributed by atoms with Gasteiger partial charge in [0.25, 0.3) is 10.0 Å². The van der Waals surface area contributed by atoms with Crippen LogP contribution in [0.25, 0.3) is 0 Å². The number of carbonyl (C=O) groups excluding carboxylic acids is 2. The third kappa shape index (κ3) is 8.82. The Labute approximate surface area is 268 Å². The zero-order valence-electron chi connectivity index (χ0n) is 26.5. The summed E-state index contributed by atoms with van der Waals surface area (Å²) in [4.78, 5) is 30.0. The van der Waals surface area contributed by atoms with Crippen molar-refractivity contribution >= 4 is 27.5 Å². The van der Waals surface area contributed by atoms with Crippen molar-refractivity contribution in [3.63, 3.8) is 0 Å². The zero-order valence-corrected chi connectivity index (χ0v) is 27.3. The summed E-state index contributed by atoms with van der Waals surface area (Å²) in [6.07, 6.45) is 1.00. The van der Waals surface area contributed by atoms with E-state index in [1.165, 1.54) is 17.0 Å². The van der Waals surface area contributed by atoms with Gasteiger partial charge in [-0.25, -0.2) is 8.42 Å². The van der Waals surface area contributed by atoms with Crippen LogP contribution in [0.3, 0.4) is 0 Å². The number of carbonyl (C=O) groups is 2. The lowest BCUT2D eigenvalue weighted by molar-refractivity contribution is -0.140. The van der Waals surface area contributed by atoms with Crippen LogP contribution in [0.4, 0.5) is 5.69 Å². The second kappa shape index (κ2) is 15.5. The number of sulfonamides is 1. The molecule has 45 heavy (non-hydrogen) atoms. The first-order chi connectivity index (χ1) is 21.6. The van der Waals surface area contributed by atoms with Crippen LogP contribution in [0.15, 0.2) is 120 Å². The molecule has 0 unspecified atom stereocenters. The van der Waals surface area contributed by atoms with Crippen LogP contribution in [-0.4, -0.2) is 43.8 Å². The second-order valence-corrected chi connectivity index (χ2v) is 13.5. The van der Waals surface area contributed by atoms with Crippen molar-refractivity contribution < 1.29 is 18.0 Å². The zero-order chi connectivity index (χ0) is 32.4. The quantitative estimate of drug-likeness (QED) is 0.172. The highest BCUT2D eigenvalue weighted by molar-refractivity contribution is 7.92. The molecular formula is C37H43N3O4S. The fourth-order valence-corrected chi connectivity index (χ4v) is 6.48. The predicted molar refractivity (Wildman–Crippen MR) is 180 cm³/mol. The van der Waals surface area contributed by atoms with Crippen LogP contribution in [0, 0.1) is 0 Å². The maximum absolute atomic E-state index is 14.5. The minimum Gasteiger partial charge on any atom is -0.352 e. The molecule has 0 aliphatic rings. The second-order valence-electron chi connectivity index (χ2n) is 11.6. The van der Waals surface area contributed by atoms with Gasteiger partial charge in [-0.3, -0.25) is 13.9 Å².